The van der Waals surface area contributed by atoms with E-state index in [0.717, 1.165) is 19.1 Å². The molecule has 16 heavy (non-hydrogen) atoms. The van der Waals surface area contributed by atoms with Crippen LogP contribution in [0.4, 0.5) is 0 Å². The number of ether oxygens (including phenoxy) is 1. The minimum absolute atomic E-state index is 0.552. The molecule has 0 radical (unpaired) electrons. The van der Waals surface area contributed by atoms with Gasteiger partial charge in [0.15, 0.2) is 0 Å². The van der Waals surface area contributed by atoms with Crippen molar-refractivity contribution in [3.8, 4) is 0 Å². The summed E-state index contributed by atoms with van der Waals surface area (Å²) in [5, 5.41) is 0. The number of hydrogen-bond acceptors (Lipinski definition) is 3. The van der Waals surface area contributed by atoms with Crippen LogP contribution in [0, 0.1) is 5.92 Å². The molecule has 2 N–H and O–H groups in total. The first-order valence-corrected chi connectivity index (χ1v) is 6.87. The average molecular weight is 226 g/mol. The normalized spacial score (nSPS) is 36.0. The second kappa shape index (κ2) is 5.99. The Bertz CT molecular complexity index is 204. The Kier molecular flexibility index (Phi) is 4.62. The molecule has 0 aromatic rings. The van der Waals surface area contributed by atoms with Crippen molar-refractivity contribution in [1.29, 1.82) is 0 Å². The van der Waals surface area contributed by atoms with Crippen molar-refractivity contribution in [2.45, 2.75) is 51.2 Å². The molecule has 0 aromatic heterocycles. The fourth-order valence-electron chi connectivity index (χ4n) is 3.14. The number of nitrogens with zero attached hydrogens (tertiary/aromatic N) is 1. The van der Waals surface area contributed by atoms with E-state index in [0.29, 0.717) is 12.1 Å². The lowest BCUT2D eigenvalue weighted by Crippen LogP contribution is -2.39. The average Bonchev–Trinajstić information content (AvgIpc) is 2.89. The third-order valence-electron chi connectivity index (χ3n) is 4.23. The van der Waals surface area contributed by atoms with E-state index in [-0.39, 0.29) is 0 Å². The van der Waals surface area contributed by atoms with Crippen LogP contribution < -0.4 is 5.73 Å². The lowest BCUT2D eigenvalue weighted by atomic mass is 10.0. The number of nitrogens with two attached hydrogens (primary N) is 1. The summed E-state index contributed by atoms with van der Waals surface area (Å²) >= 11 is 0. The predicted octanol–water partition coefficient (Wildman–Crippen LogP) is 1.61. The molecule has 0 aliphatic carbocycles. The van der Waals surface area contributed by atoms with Gasteiger partial charge in [-0.25, -0.2) is 0 Å². The van der Waals surface area contributed by atoms with Gasteiger partial charge in [-0.15, -0.1) is 0 Å². The van der Waals surface area contributed by atoms with E-state index in [4.69, 9.17) is 10.5 Å². The summed E-state index contributed by atoms with van der Waals surface area (Å²) < 4.78 is 5.65. The van der Waals surface area contributed by atoms with Crippen LogP contribution >= 0.6 is 0 Å². The molecule has 0 bridgehead atoms. The van der Waals surface area contributed by atoms with E-state index < -0.39 is 0 Å². The monoisotopic (exact) mass is 226 g/mol. The van der Waals surface area contributed by atoms with Crippen LogP contribution in [0.25, 0.3) is 0 Å². The van der Waals surface area contributed by atoms with Gasteiger partial charge in [0.25, 0.3) is 0 Å². The molecule has 0 amide bonds. The first-order valence-electron chi connectivity index (χ1n) is 6.87. The largest absolute Gasteiger partial charge is 0.378 e. The van der Waals surface area contributed by atoms with Crippen LogP contribution in [-0.2, 0) is 4.74 Å². The molecule has 0 spiro atoms. The van der Waals surface area contributed by atoms with Gasteiger partial charge in [-0.3, -0.25) is 4.90 Å². The summed E-state index contributed by atoms with van der Waals surface area (Å²) in [6.07, 6.45) is 6.92. The van der Waals surface area contributed by atoms with Gasteiger partial charge < -0.3 is 10.5 Å². The lowest BCUT2D eigenvalue weighted by molar-refractivity contribution is 0.0977. The van der Waals surface area contributed by atoms with Crippen LogP contribution in [0.3, 0.4) is 0 Å². The molecule has 2 aliphatic rings. The molecule has 3 heteroatoms. The van der Waals surface area contributed by atoms with Gasteiger partial charge >= 0.3 is 0 Å². The molecule has 2 heterocycles. The van der Waals surface area contributed by atoms with Crippen molar-refractivity contribution in [1.82, 2.24) is 4.90 Å². The molecule has 2 saturated heterocycles. The maximum absolute atomic E-state index is 5.84. The van der Waals surface area contributed by atoms with Crippen molar-refractivity contribution in [3.05, 3.63) is 0 Å². The summed E-state index contributed by atoms with van der Waals surface area (Å²) in [7, 11) is 0. The highest BCUT2D eigenvalue weighted by Gasteiger charge is 2.29. The van der Waals surface area contributed by atoms with Crippen molar-refractivity contribution >= 4 is 0 Å². The molecule has 0 aromatic carbocycles. The van der Waals surface area contributed by atoms with Crippen LogP contribution in [0.2, 0.25) is 0 Å². The molecular weight excluding hydrogens is 200 g/mol. The smallest absolute Gasteiger partial charge is 0.0576 e. The fraction of sp³-hybridized carbons (Fsp3) is 1.00. The van der Waals surface area contributed by atoms with Crippen molar-refractivity contribution < 1.29 is 4.74 Å². The second-order valence-corrected chi connectivity index (χ2v) is 5.38. The van der Waals surface area contributed by atoms with E-state index in [1.54, 1.807) is 0 Å². The maximum atomic E-state index is 5.84. The van der Waals surface area contributed by atoms with E-state index in [1.165, 1.54) is 45.2 Å². The third-order valence-corrected chi connectivity index (χ3v) is 4.23. The van der Waals surface area contributed by atoms with Crippen molar-refractivity contribution in [2.24, 2.45) is 11.7 Å². The van der Waals surface area contributed by atoms with Crippen LogP contribution in [-0.4, -0.2) is 43.3 Å². The van der Waals surface area contributed by atoms with Crippen molar-refractivity contribution in [3.63, 3.8) is 0 Å². The van der Waals surface area contributed by atoms with Gasteiger partial charge in [0.05, 0.1) is 6.10 Å². The van der Waals surface area contributed by atoms with Gasteiger partial charge in [0, 0.05) is 19.2 Å². The fourth-order valence-corrected chi connectivity index (χ4v) is 3.14. The lowest BCUT2D eigenvalue weighted by Gasteiger charge is -2.25. The van der Waals surface area contributed by atoms with Crippen molar-refractivity contribution in [2.75, 3.05) is 26.2 Å². The highest BCUT2D eigenvalue weighted by molar-refractivity contribution is 4.85. The highest BCUT2D eigenvalue weighted by atomic mass is 16.5. The number of likely N-dealkylation sites (tertiary alicyclic amines) is 1. The van der Waals surface area contributed by atoms with Gasteiger partial charge in [0.1, 0.15) is 0 Å². The summed E-state index contributed by atoms with van der Waals surface area (Å²) in [5.41, 5.74) is 5.84. The number of rotatable bonds is 5. The summed E-state index contributed by atoms with van der Waals surface area (Å²) in [6, 6.07) is 0.629. The Balaban J connectivity index is 1.65. The molecule has 0 saturated carbocycles. The molecule has 2 aliphatic heterocycles. The maximum Gasteiger partial charge on any atom is 0.0576 e. The summed E-state index contributed by atoms with van der Waals surface area (Å²) in [5.74, 6) is 0.785. The van der Waals surface area contributed by atoms with E-state index in [2.05, 4.69) is 11.8 Å². The number of hydrogen-bond donors (Lipinski definition) is 1. The molecule has 2 rings (SSSR count). The first-order chi connectivity index (χ1) is 7.81. The quantitative estimate of drug-likeness (QED) is 0.774. The topological polar surface area (TPSA) is 38.5 Å². The van der Waals surface area contributed by atoms with Gasteiger partial charge in [-0.1, -0.05) is 6.92 Å². The minimum atomic E-state index is 0.552. The van der Waals surface area contributed by atoms with E-state index in [1.807, 2.05) is 0 Å². The van der Waals surface area contributed by atoms with Gasteiger partial charge in [0.2, 0.25) is 0 Å². The second-order valence-electron chi connectivity index (χ2n) is 5.38. The zero-order valence-corrected chi connectivity index (χ0v) is 10.5. The standard InChI is InChI=1S/C13H26N2O/c1-11-6-8-15(13(11)10-14)7-2-4-12-5-3-9-16-12/h11-13H,2-10,14H2,1H3. The highest BCUT2D eigenvalue weighted by Crippen LogP contribution is 2.24. The van der Waals surface area contributed by atoms with E-state index in [9.17, 15) is 0 Å². The molecule has 94 valence electrons. The van der Waals surface area contributed by atoms with Crippen LogP contribution in [0.15, 0.2) is 0 Å². The van der Waals surface area contributed by atoms with Crippen LogP contribution in [0.1, 0.15) is 39.0 Å². The predicted molar refractivity (Wildman–Crippen MR) is 66.4 cm³/mol. The Morgan fingerprint density at radius 1 is 1.38 bits per heavy atom. The van der Waals surface area contributed by atoms with Gasteiger partial charge in [-0.05, 0) is 51.1 Å². The molecular formula is C13H26N2O. The zero-order valence-electron chi connectivity index (χ0n) is 10.5. The summed E-state index contributed by atoms with van der Waals surface area (Å²) in [6.45, 7) is 6.59. The van der Waals surface area contributed by atoms with E-state index >= 15 is 0 Å². The summed E-state index contributed by atoms with van der Waals surface area (Å²) in [4.78, 5) is 2.58. The van der Waals surface area contributed by atoms with Gasteiger partial charge in [-0.2, -0.15) is 0 Å². The SMILES string of the molecule is CC1CCN(CCCC2CCCO2)C1CN. The Morgan fingerprint density at radius 3 is 2.94 bits per heavy atom. The Labute approximate surface area is 99.3 Å². The van der Waals surface area contributed by atoms with Crippen LogP contribution in [0.5, 0.6) is 0 Å². The molecule has 3 nitrogen and oxygen atoms in total. The first kappa shape index (κ1) is 12.3. The minimum Gasteiger partial charge on any atom is -0.378 e. The zero-order chi connectivity index (χ0) is 11.4. The molecule has 3 atom stereocenters. The Hall–Kier alpha value is -0.120. The third kappa shape index (κ3) is 2.96. The Morgan fingerprint density at radius 2 is 2.25 bits per heavy atom. The molecule has 2 fully saturated rings. The molecule has 3 unspecified atom stereocenters.